The van der Waals surface area contributed by atoms with Gasteiger partial charge < -0.3 is 0 Å². The fourth-order valence-corrected chi connectivity index (χ4v) is 4.90. The van der Waals surface area contributed by atoms with Crippen LogP contribution >= 0.6 is 0 Å². The van der Waals surface area contributed by atoms with Crippen molar-refractivity contribution in [2.75, 3.05) is 13.2 Å². The zero-order valence-electron chi connectivity index (χ0n) is 14.8. The van der Waals surface area contributed by atoms with Crippen LogP contribution in [0.15, 0.2) is 41.3 Å². The molecule has 0 spiro atoms. The minimum Gasteiger partial charge on any atom is -0.289 e. The van der Waals surface area contributed by atoms with Gasteiger partial charge in [-0.15, -0.1) is 0 Å². The molecule has 132 valence electrons. The molecular formula is C19H27NO3S. The van der Waals surface area contributed by atoms with Gasteiger partial charge >= 0.3 is 0 Å². The first kappa shape index (κ1) is 17.6. The first-order chi connectivity index (χ1) is 11.2. The average molecular weight is 349 g/mol. The van der Waals surface area contributed by atoms with Gasteiger partial charge in [-0.05, 0) is 58.1 Å². The summed E-state index contributed by atoms with van der Waals surface area (Å²) < 4.78 is 29.7. The minimum atomic E-state index is -3.66. The third kappa shape index (κ3) is 3.30. The Labute approximate surface area is 145 Å². The summed E-state index contributed by atoms with van der Waals surface area (Å²) in [5, 5.41) is 0. The number of benzene rings is 1. The molecule has 1 saturated heterocycles. The molecule has 1 aromatic carbocycles. The highest BCUT2D eigenvalue weighted by Gasteiger charge is 2.60. The molecule has 0 amide bonds. The Morgan fingerprint density at radius 2 is 2.04 bits per heavy atom. The second-order valence-corrected chi connectivity index (χ2v) is 9.09. The Kier molecular flexibility index (Phi) is 4.62. The summed E-state index contributed by atoms with van der Waals surface area (Å²) in [6.07, 6.45) is 3.47. The molecule has 0 bridgehead atoms. The van der Waals surface area contributed by atoms with E-state index in [0.29, 0.717) is 18.5 Å². The summed E-state index contributed by atoms with van der Waals surface area (Å²) in [5.41, 5.74) is 2.52. The first-order valence-corrected chi connectivity index (χ1v) is 10.0. The summed E-state index contributed by atoms with van der Waals surface area (Å²) in [6, 6.07) is 7.31. The SMILES string of the molecule is C=C(C)[C@H]1CC[C@]2(C)[C@H](C1)N2CCOS(=O)(=O)c1ccc(C)cc1. The summed E-state index contributed by atoms with van der Waals surface area (Å²) in [4.78, 5) is 2.62. The maximum Gasteiger partial charge on any atom is 0.297 e. The van der Waals surface area contributed by atoms with Gasteiger partial charge in [-0.3, -0.25) is 9.08 Å². The normalized spacial score (nSPS) is 32.2. The molecule has 2 aliphatic rings. The van der Waals surface area contributed by atoms with Crippen molar-refractivity contribution in [3.8, 4) is 0 Å². The average Bonchev–Trinajstić information content (AvgIpc) is 3.11. The quantitative estimate of drug-likeness (QED) is 0.448. The maximum atomic E-state index is 12.2. The number of rotatable bonds is 6. The second kappa shape index (κ2) is 6.28. The molecule has 1 unspecified atom stereocenters. The third-order valence-electron chi connectivity index (χ3n) is 5.77. The zero-order chi connectivity index (χ0) is 17.5. The molecule has 2 fully saturated rings. The van der Waals surface area contributed by atoms with Crippen molar-refractivity contribution in [2.45, 2.75) is 56.5 Å². The van der Waals surface area contributed by atoms with Crippen LogP contribution in [-0.2, 0) is 14.3 Å². The van der Waals surface area contributed by atoms with E-state index in [0.717, 1.165) is 18.4 Å². The molecule has 1 aliphatic heterocycles. The lowest BCUT2D eigenvalue weighted by molar-refractivity contribution is 0.272. The van der Waals surface area contributed by atoms with E-state index < -0.39 is 10.1 Å². The number of hydrogen-bond donors (Lipinski definition) is 0. The van der Waals surface area contributed by atoms with Gasteiger partial charge in [0.2, 0.25) is 0 Å². The van der Waals surface area contributed by atoms with Gasteiger partial charge in [0.15, 0.2) is 0 Å². The highest BCUT2D eigenvalue weighted by molar-refractivity contribution is 7.86. The predicted molar refractivity (Wildman–Crippen MR) is 95.4 cm³/mol. The first-order valence-electron chi connectivity index (χ1n) is 8.62. The molecule has 1 aromatic rings. The zero-order valence-corrected chi connectivity index (χ0v) is 15.6. The Hall–Kier alpha value is -1.17. The number of hydrogen-bond acceptors (Lipinski definition) is 4. The molecule has 3 rings (SSSR count). The van der Waals surface area contributed by atoms with Crippen molar-refractivity contribution < 1.29 is 12.6 Å². The highest BCUT2D eigenvalue weighted by atomic mass is 32.2. The number of allylic oxidation sites excluding steroid dienone is 1. The Morgan fingerprint density at radius 1 is 1.38 bits per heavy atom. The summed E-state index contributed by atoms with van der Waals surface area (Å²) in [6.45, 7) is 11.3. The monoisotopic (exact) mass is 349 g/mol. The molecule has 1 saturated carbocycles. The van der Waals surface area contributed by atoms with Crippen LogP contribution in [0.3, 0.4) is 0 Å². The van der Waals surface area contributed by atoms with Gasteiger partial charge in [-0.25, -0.2) is 0 Å². The molecule has 4 atom stereocenters. The van der Waals surface area contributed by atoms with E-state index in [1.807, 2.05) is 6.92 Å². The van der Waals surface area contributed by atoms with Gasteiger partial charge in [0.1, 0.15) is 0 Å². The standard InChI is InChI=1S/C19H27NO3S/c1-14(2)16-9-10-19(4)18(13-16)20(19)11-12-23-24(21,22)17-7-5-15(3)6-8-17/h5-8,16,18H,1,9-13H2,2-4H3/t16-,18-,19+,20?/m0/s1. The van der Waals surface area contributed by atoms with Crippen LogP contribution in [0.4, 0.5) is 0 Å². The van der Waals surface area contributed by atoms with E-state index in [2.05, 4.69) is 25.3 Å². The molecular weight excluding hydrogens is 322 g/mol. The van der Waals surface area contributed by atoms with Crippen LogP contribution < -0.4 is 0 Å². The second-order valence-electron chi connectivity index (χ2n) is 7.47. The largest absolute Gasteiger partial charge is 0.297 e. The lowest BCUT2D eigenvalue weighted by Gasteiger charge is -2.23. The lowest BCUT2D eigenvalue weighted by Crippen LogP contribution is -2.22. The van der Waals surface area contributed by atoms with Crippen LogP contribution in [0.25, 0.3) is 0 Å². The lowest BCUT2D eigenvalue weighted by atomic mass is 9.80. The molecule has 5 heteroatoms. The van der Waals surface area contributed by atoms with E-state index >= 15 is 0 Å². The molecule has 0 aromatic heterocycles. The third-order valence-corrected chi connectivity index (χ3v) is 7.09. The van der Waals surface area contributed by atoms with Crippen LogP contribution in [0.2, 0.25) is 0 Å². The van der Waals surface area contributed by atoms with Crippen LogP contribution in [0.1, 0.15) is 38.7 Å². The van der Waals surface area contributed by atoms with Gasteiger partial charge in [0.25, 0.3) is 10.1 Å². The topological polar surface area (TPSA) is 46.4 Å². The van der Waals surface area contributed by atoms with Gasteiger partial charge in [0.05, 0.1) is 11.5 Å². The minimum absolute atomic E-state index is 0.208. The van der Waals surface area contributed by atoms with Crippen LogP contribution in [0, 0.1) is 12.8 Å². The van der Waals surface area contributed by atoms with E-state index in [9.17, 15) is 8.42 Å². The number of aryl methyl sites for hydroxylation is 1. The number of fused-ring (bicyclic) bond motifs is 1. The smallest absolute Gasteiger partial charge is 0.289 e. The fraction of sp³-hybridized carbons (Fsp3) is 0.579. The number of nitrogens with zero attached hydrogens (tertiary/aromatic N) is 1. The highest BCUT2D eigenvalue weighted by Crippen LogP contribution is 2.53. The van der Waals surface area contributed by atoms with Crippen molar-refractivity contribution in [2.24, 2.45) is 5.92 Å². The van der Waals surface area contributed by atoms with Crippen molar-refractivity contribution in [3.63, 3.8) is 0 Å². The fourth-order valence-electron chi connectivity index (χ4n) is 4.00. The molecule has 1 heterocycles. The van der Waals surface area contributed by atoms with Crippen LogP contribution in [0.5, 0.6) is 0 Å². The predicted octanol–water partition coefficient (Wildman–Crippen LogP) is 3.52. The molecule has 0 radical (unpaired) electrons. The van der Waals surface area contributed by atoms with E-state index in [4.69, 9.17) is 4.18 Å². The van der Waals surface area contributed by atoms with Gasteiger partial charge in [0, 0.05) is 18.1 Å². The Morgan fingerprint density at radius 3 is 2.67 bits per heavy atom. The summed E-state index contributed by atoms with van der Waals surface area (Å²) in [7, 11) is -3.66. The van der Waals surface area contributed by atoms with E-state index in [1.54, 1.807) is 24.3 Å². The molecule has 1 aliphatic carbocycles. The van der Waals surface area contributed by atoms with Gasteiger partial charge in [-0.2, -0.15) is 8.42 Å². The van der Waals surface area contributed by atoms with Crippen molar-refractivity contribution in [1.82, 2.24) is 4.90 Å². The molecule has 24 heavy (non-hydrogen) atoms. The number of likely N-dealkylation sites (tertiary alicyclic amines) is 1. The molecule has 4 nitrogen and oxygen atoms in total. The van der Waals surface area contributed by atoms with E-state index in [1.165, 1.54) is 12.0 Å². The van der Waals surface area contributed by atoms with E-state index in [-0.39, 0.29) is 17.0 Å². The van der Waals surface area contributed by atoms with Crippen molar-refractivity contribution in [1.29, 1.82) is 0 Å². The van der Waals surface area contributed by atoms with Crippen molar-refractivity contribution >= 4 is 10.1 Å². The Bertz CT molecular complexity index is 725. The van der Waals surface area contributed by atoms with Crippen LogP contribution in [-0.4, -0.2) is 38.1 Å². The summed E-state index contributed by atoms with van der Waals surface area (Å²) in [5.74, 6) is 0.602. The molecule has 0 N–H and O–H groups in total. The van der Waals surface area contributed by atoms with Gasteiger partial charge in [-0.1, -0.05) is 29.8 Å². The van der Waals surface area contributed by atoms with Crippen molar-refractivity contribution in [3.05, 3.63) is 42.0 Å². The maximum absolute atomic E-state index is 12.2. The Balaban J connectivity index is 1.54. The summed E-state index contributed by atoms with van der Waals surface area (Å²) >= 11 is 0.